The van der Waals surface area contributed by atoms with Crippen LogP contribution in [0.2, 0.25) is 5.02 Å². The van der Waals surface area contributed by atoms with Gasteiger partial charge < -0.3 is 19.9 Å². The first kappa shape index (κ1) is 20.9. The Balaban J connectivity index is 1.36. The van der Waals surface area contributed by atoms with Crippen LogP contribution in [-0.2, 0) is 0 Å². The van der Waals surface area contributed by atoms with Gasteiger partial charge in [0, 0.05) is 37.4 Å². The fourth-order valence-corrected chi connectivity index (χ4v) is 3.59. The van der Waals surface area contributed by atoms with E-state index in [-0.39, 0.29) is 11.1 Å². The van der Waals surface area contributed by atoms with Gasteiger partial charge in [0.05, 0.1) is 17.8 Å². The molecule has 0 saturated carbocycles. The van der Waals surface area contributed by atoms with Crippen LogP contribution in [-0.4, -0.2) is 54.4 Å². The molecule has 0 atom stereocenters. The summed E-state index contributed by atoms with van der Waals surface area (Å²) in [6, 6.07) is 15.3. The van der Waals surface area contributed by atoms with E-state index in [0.29, 0.717) is 31.9 Å². The molecule has 2 heterocycles. The van der Waals surface area contributed by atoms with Gasteiger partial charge in [-0.3, -0.25) is 0 Å². The third-order valence-electron chi connectivity index (χ3n) is 5.10. The number of carbonyl (C=O) groups excluding carboxylic acids is 1. The fraction of sp³-hybridized carbons (Fsp3) is 0.227. The molecule has 0 radical (unpaired) electrons. The van der Waals surface area contributed by atoms with E-state index < -0.39 is 5.82 Å². The summed E-state index contributed by atoms with van der Waals surface area (Å²) in [6.45, 7) is 2.30. The van der Waals surface area contributed by atoms with E-state index in [1.165, 1.54) is 18.2 Å². The van der Waals surface area contributed by atoms with Crippen molar-refractivity contribution in [2.75, 3.05) is 43.5 Å². The standard InChI is InChI=1S/C22H21ClFN5O2/c1-31-20-5-3-2-4-16(20)19-8-9-21(27-26-19)28-10-12-29(13-11-28)22(30)25-15-6-7-18(24)17(23)14-15/h2-9,14H,10-13H2,1H3,(H,25,30). The lowest BCUT2D eigenvalue weighted by molar-refractivity contribution is 0.208. The van der Waals surface area contributed by atoms with Gasteiger partial charge in [0.15, 0.2) is 5.82 Å². The van der Waals surface area contributed by atoms with Gasteiger partial charge in [-0.25, -0.2) is 9.18 Å². The minimum Gasteiger partial charge on any atom is -0.496 e. The maximum Gasteiger partial charge on any atom is 0.321 e. The topological polar surface area (TPSA) is 70.6 Å². The molecule has 0 unspecified atom stereocenters. The molecule has 0 aliphatic carbocycles. The summed E-state index contributed by atoms with van der Waals surface area (Å²) in [5.74, 6) is 0.974. The van der Waals surface area contributed by atoms with Crippen molar-refractivity contribution >= 4 is 29.1 Å². The SMILES string of the molecule is COc1ccccc1-c1ccc(N2CCN(C(=O)Nc3ccc(F)c(Cl)c3)CC2)nn1. The highest BCUT2D eigenvalue weighted by Gasteiger charge is 2.22. The summed E-state index contributed by atoms with van der Waals surface area (Å²) < 4.78 is 18.7. The zero-order chi connectivity index (χ0) is 21.8. The molecule has 0 spiro atoms. The number of nitrogens with one attached hydrogen (secondary N) is 1. The Hall–Kier alpha value is -3.39. The van der Waals surface area contributed by atoms with Crippen molar-refractivity contribution in [3.8, 4) is 17.0 Å². The Kier molecular flexibility index (Phi) is 6.18. The van der Waals surface area contributed by atoms with Crippen molar-refractivity contribution in [1.29, 1.82) is 0 Å². The molecule has 1 saturated heterocycles. The van der Waals surface area contributed by atoms with E-state index in [4.69, 9.17) is 16.3 Å². The minimum absolute atomic E-state index is 0.0298. The number of nitrogens with zero attached hydrogens (tertiary/aromatic N) is 4. The molecule has 4 rings (SSSR count). The summed E-state index contributed by atoms with van der Waals surface area (Å²) in [5, 5.41) is 11.4. The van der Waals surface area contributed by atoms with E-state index in [0.717, 1.165) is 22.8 Å². The zero-order valence-corrected chi connectivity index (χ0v) is 17.6. The highest BCUT2D eigenvalue weighted by Crippen LogP contribution is 2.28. The second-order valence-electron chi connectivity index (χ2n) is 7.01. The summed E-state index contributed by atoms with van der Waals surface area (Å²) in [4.78, 5) is 16.3. The highest BCUT2D eigenvalue weighted by molar-refractivity contribution is 6.31. The van der Waals surface area contributed by atoms with Crippen LogP contribution in [0.3, 0.4) is 0 Å². The largest absolute Gasteiger partial charge is 0.496 e. The van der Waals surface area contributed by atoms with Crippen molar-refractivity contribution < 1.29 is 13.9 Å². The van der Waals surface area contributed by atoms with Crippen molar-refractivity contribution in [1.82, 2.24) is 15.1 Å². The molecular weight excluding hydrogens is 421 g/mol. The van der Waals surface area contributed by atoms with Gasteiger partial charge in [0.25, 0.3) is 0 Å². The third kappa shape index (κ3) is 4.69. The molecule has 3 aromatic rings. The number of halogens is 2. The second-order valence-corrected chi connectivity index (χ2v) is 7.42. The Labute approximate surface area is 184 Å². The van der Waals surface area contributed by atoms with Gasteiger partial charge in [-0.2, -0.15) is 0 Å². The maximum absolute atomic E-state index is 13.3. The predicted molar refractivity (Wildman–Crippen MR) is 118 cm³/mol. The monoisotopic (exact) mass is 441 g/mol. The number of anilines is 2. The van der Waals surface area contributed by atoms with Crippen molar-refractivity contribution in [3.63, 3.8) is 0 Å². The predicted octanol–water partition coefficient (Wildman–Crippen LogP) is 4.30. The van der Waals surface area contributed by atoms with Crippen LogP contribution in [0.1, 0.15) is 0 Å². The number of para-hydroxylation sites is 1. The molecule has 9 heteroatoms. The first-order valence-electron chi connectivity index (χ1n) is 9.78. The molecule has 160 valence electrons. The molecule has 31 heavy (non-hydrogen) atoms. The number of piperazine rings is 1. The Morgan fingerprint density at radius 2 is 1.84 bits per heavy atom. The summed E-state index contributed by atoms with van der Waals surface area (Å²) in [6.07, 6.45) is 0. The molecule has 1 aliphatic rings. The molecule has 7 nitrogen and oxygen atoms in total. The number of benzene rings is 2. The minimum atomic E-state index is -0.522. The van der Waals surface area contributed by atoms with Gasteiger partial charge >= 0.3 is 6.03 Å². The van der Waals surface area contributed by atoms with Crippen LogP contribution in [0.5, 0.6) is 5.75 Å². The van der Waals surface area contributed by atoms with Crippen LogP contribution < -0.4 is 15.0 Å². The van der Waals surface area contributed by atoms with Crippen LogP contribution in [0.25, 0.3) is 11.3 Å². The number of methoxy groups -OCH3 is 1. The number of hydrogen-bond acceptors (Lipinski definition) is 5. The van der Waals surface area contributed by atoms with Crippen LogP contribution in [0.15, 0.2) is 54.6 Å². The number of aromatic nitrogens is 2. The number of carbonyl (C=O) groups is 1. The Morgan fingerprint density at radius 3 is 2.52 bits per heavy atom. The van der Waals surface area contributed by atoms with E-state index in [1.807, 2.05) is 36.4 Å². The van der Waals surface area contributed by atoms with Gasteiger partial charge in [-0.05, 0) is 42.5 Å². The number of amides is 2. The first-order chi connectivity index (χ1) is 15.0. The molecule has 1 aliphatic heterocycles. The van der Waals surface area contributed by atoms with Gasteiger partial charge in [0.2, 0.25) is 0 Å². The van der Waals surface area contributed by atoms with E-state index in [9.17, 15) is 9.18 Å². The molecular formula is C22H21ClFN5O2. The van der Waals surface area contributed by atoms with Crippen molar-refractivity contribution in [3.05, 3.63) is 65.4 Å². The average molecular weight is 442 g/mol. The molecule has 1 fully saturated rings. The van der Waals surface area contributed by atoms with Crippen LogP contribution >= 0.6 is 11.6 Å². The highest BCUT2D eigenvalue weighted by atomic mass is 35.5. The van der Waals surface area contributed by atoms with E-state index in [1.54, 1.807) is 12.0 Å². The third-order valence-corrected chi connectivity index (χ3v) is 5.38. The van der Waals surface area contributed by atoms with Crippen molar-refractivity contribution in [2.24, 2.45) is 0 Å². The molecule has 1 aromatic heterocycles. The Morgan fingerprint density at radius 1 is 1.06 bits per heavy atom. The average Bonchev–Trinajstić information content (AvgIpc) is 2.81. The van der Waals surface area contributed by atoms with Gasteiger partial charge in [0.1, 0.15) is 11.6 Å². The lowest BCUT2D eigenvalue weighted by Crippen LogP contribution is -2.50. The number of rotatable bonds is 4. The molecule has 0 bridgehead atoms. The molecule has 2 amide bonds. The first-order valence-corrected chi connectivity index (χ1v) is 10.2. The Bertz CT molecular complexity index is 1070. The fourth-order valence-electron chi connectivity index (χ4n) is 3.41. The maximum atomic E-state index is 13.3. The van der Waals surface area contributed by atoms with E-state index >= 15 is 0 Å². The summed E-state index contributed by atoms with van der Waals surface area (Å²) in [5.41, 5.74) is 2.07. The van der Waals surface area contributed by atoms with E-state index in [2.05, 4.69) is 20.4 Å². The van der Waals surface area contributed by atoms with Gasteiger partial charge in [-0.15, -0.1) is 10.2 Å². The molecule has 2 aromatic carbocycles. The molecule has 1 N–H and O–H groups in total. The van der Waals surface area contributed by atoms with Gasteiger partial charge in [-0.1, -0.05) is 23.7 Å². The quantitative estimate of drug-likeness (QED) is 0.653. The lowest BCUT2D eigenvalue weighted by atomic mass is 10.1. The van der Waals surface area contributed by atoms with Crippen LogP contribution in [0, 0.1) is 5.82 Å². The summed E-state index contributed by atoms with van der Waals surface area (Å²) in [7, 11) is 1.63. The zero-order valence-electron chi connectivity index (χ0n) is 16.9. The normalized spacial score (nSPS) is 13.8. The number of urea groups is 1. The summed E-state index contributed by atoms with van der Waals surface area (Å²) >= 11 is 5.77. The smallest absolute Gasteiger partial charge is 0.321 e. The van der Waals surface area contributed by atoms with Crippen LogP contribution in [0.4, 0.5) is 20.7 Å². The lowest BCUT2D eigenvalue weighted by Gasteiger charge is -2.35. The second kappa shape index (κ2) is 9.18. The number of hydrogen-bond donors (Lipinski definition) is 1. The number of ether oxygens (including phenoxy) is 1. The van der Waals surface area contributed by atoms with Crippen molar-refractivity contribution in [2.45, 2.75) is 0 Å².